The fourth-order valence-corrected chi connectivity index (χ4v) is 23.7. The highest BCUT2D eigenvalue weighted by Crippen LogP contribution is 2.49. The summed E-state index contributed by atoms with van der Waals surface area (Å²) in [6, 6.07) is 37.2. The molecule has 8 aromatic carbocycles. The average Bonchev–Trinajstić information content (AvgIpc) is 1.17. The summed E-state index contributed by atoms with van der Waals surface area (Å²) in [4.78, 5) is 247. The third-order valence-corrected chi connectivity index (χ3v) is 33.1. The summed E-state index contributed by atoms with van der Waals surface area (Å²) in [5.74, 6) is -17.7. The van der Waals surface area contributed by atoms with Gasteiger partial charge in [0, 0.05) is 43.2 Å². The second kappa shape index (κ2) is 45.4. The summed E-state index contributed by atoms with van der Waals surface area (Å²) >= 11 is 13.5. The first-order chi connectivity index (χ1) is 64.3. The maximum absolute atomic E-state index is 16.3. The van der Waals surface area contributed by atoms with E-state index in [9.17, 15) is 48.3 Å². The summed E-state index contributed by atoms with van der Waals surface area (Å²) in [5.41, 5.74) is 7.89. The zero-order chi connectivity index (χ0) is 99.6. The molecule has 0 heterocycles. The predicted octanol–water partition coefficient (Wildman–Crippen LogP) is 4.83. The molecule has 11 atom stereocenters. The highest BCUT2D eigenvalue weighted by Gasteiger charge is 2.49. The molecule has 136 heavy (non-hydrogen) atoms. The van der Waals surface area contributed by atoms with Gasteiger partial charge in [-0.25, -0.2) is 19.4 Å². The largest absolute Gasteiger partial charge is 0.481 e. The van der Waals surface area contributed by atoms with Crippen LogP contribution < -0.4 is 85.4 Å². The molecule has 0 saturated carbocycles. The first kappa shape index (κ1) is 104. The van der Waals surface area contributed by atoms with Crippen LogP contribution in [-0.4, -0.2) is 219 Å². The second-order valence-electron chi connectivity index (χ2n) is 34.5. The van der Waals surface area contributed by atoms with Gasteiger partial charge >= 0.3 is 18.2 Å². The van der Waals surface area contributed by atoms with Gasteiger partial charge in [0.2, 0.25) is 70.9 Å². The summed E-state index contributed by atoms with van der Waals surface area (Å²) in [6.45, 7) is 15.5. The molecule has 0 saturated heterocycles. The Kier molecular flexibility index (Phi) is 34.8. The molecular weight excluding hydrogens is 1820 g/mol. The maximum Gasteiger partial charge on any atom is 0.417 e. The minimum absolute atomic E-state index is 0.334. The molecule has 2 aliphatic rings. The van der Waals surface area contributed by atoms with Gasteiger partial charge in [-0.3, -0.25) is 71.9 Å². The van der Waals surface area contributed by atoms with Crippen LogP contribution in [0.25, 0.3) is 22.3 Å². The number of carboxylic acid groups (broad SMARTS) is 1. The fourth-order valence-electron chi connectivity index (χ4n) is 15.7. The van der Waals surface area contributed by atoms with Crippen molar-refractivity contribution in [1.82, 2.24) is 68.3 Å². The number of carbonyl (C=O) groups is 17. The number of nitrogens with zero attached hydrogens (tertiary/aromatic N) is 2. The van der Waals surface area contributed by atoms with E-state index in [1.807, 2.05) is 72.8 Å². The van der Waals surface area contributed by atoms with E-state index in [1.54, 1.807) is 146 Å². The average molecular weight is 1930 g/mol. The van der Waals surface area contributed by atoms with Gasteiger partial charge in [0.1, 0.15) is 90.8 Å². The van der Waals surface area contributed by atoms with Crippen molar-refractivity contribution < 1.29 is 96.1 Å². The number of nitrogens with two attached hydrogens (primary N) is 1. The number of carboxylic acids is 1. The normalized spacial score (nSPS) is 14.6. The Morgan fingerprint density at radius 1 is 0.353 bits per heavy atom. The summed E-state index contributed by atoms with van der Waals surface area (Å²) in [5, 5.41) is 40.1. The van der Waals surface area contributed by atoms with E-state index in [0.717, 1.165) is 40.3 Å². The molecule has 0 spiro atoms. The van der Waals surface area contributed by atoms with Crippen LogP contribution in [0, 0.1) is 0 Å². The molecule has 0 unspecified atom stereocenters. The van der Waals surface area contributed by atoms with E-state index >= 15 is 38.4 Å². The highest BCUT2D eigenvalue weighted by molar-refractivity contribution is 8.22. The summed E-state index contributed by atoms with van der Waals surface area (Å²) in [7, 11) is 0. The first-order valence-corrected chi connectivity index (χ1v) is 49.9. The van der Waals surface area contributed by atoms with E-state index in [-0.39, 0.29) is 0 Å². The van der Waals surface area contributed by atoms with E-state index < -0.39 is 234 Å². The molecule has 10 rings (SSSR count). The van der Waals surface area contributed by atoms with Gasteiger partial charge in [0.15, 0.2) is 0 Å². The summed E-state index contributed by atoms with van der Waals surface area (Å²) in [6.07, 6.45) is -5.56. The number of hydrogen-bond acceptors (Lipinski definition) is 21. The molecule has 14 N–H and O–H groups in total. The van der Waals surface area contributed by atoms with E-state index in [2.05, 4.69) is 58.5 Å². The predicted molar refractivity (Wildman–Crippen MR) is 518 cm³/mol. The van der Waals surface area contributed by atoms with Gasteiger partial charge < -0.3 is 78.8 Å². The Balaban J connectivity index is 0.992. The van der Waals surface area contributed by atoms with Crippen molar-refractivity contribution in [3.8, 4) is 22.3 Å². The maximum atomic E-state index is 16.3. The molecule has 0 radical (unpaired) electrons. The zero-order valence-electron chi connectivity index (χ0n) is 77.2. The fraction of sp³-hybridized carbons (Fsp3) is 0.337. The topological polar surface area (TPSA) is 494 Å². The van der Waals surface area contributed by atoms with Gasteiger partial charge in [-0.1, -0.05) is 242 Å². The number of imide groups is 2. The van der Waals surface area contributed by atoms with Crippen molar-refractivity contribution in [1.29, 1.82) is 0 Å². The number of benzene rings is 8. The molecule has 0 bridgehead atoms. The smallest absolute Gasteiger partial charge is 0.417 e. The molecule has 8 aromatic rings. The van der Waals surface area contributed by atoms with Gasteiger partial charge in [-0.2, -0.15) is 0 Å². The summed E-state index contributed by atoms with van der Waals surface area (Å²) < 4.78 is 12.5. The van der Waals surface area contributed by atoms with Gasteiger partial charge in [0.25, 0.3) is 11.8 Å². The van der Waals surface area contributed by atoms with Crippen LogP contribution >= 0.6 is 12.1 Å². The van der Waals surface area contributed by atoms with E-state index in [4.69, 9.17) is 38.8 Å². The number of primary amides is 1. The van der Waals surface area contributed by atoms with Gasteiger partial charge in [0.05, 0.1) is 6.42 Å². The first-order valence-electron chi connectivity index (χ1n) is 43.9. The van der Waals surface area contributed by atoms with Crippen LogP contribution in [-0.2, 0) is 105 Å². The lowest BCUT2D eigenvalue weighted by atomic mass is 9.98. The lowest BCUT2D eigenvalue weighted by molar-refractivity contribution is -0.146. The van der Waals surface area contributed by atoms with Crippen molar-refractivity contribution in [2.45, 2.75) is 186 Å². The SMILES string of the molecule is CC(=O)N[C@@H](C)C(=O)N[C@@H](C)C(=O)NC(C)(C)C(=O)N[C@@H](C)C(=O)N(C(=O)OCC1c2ccccc2-c2ccccc21)[C@H](CP(=S)(c1ccccc1)c1ccccc1)C(=O)N[C@@H](C)C(=O)N[C@@H](C)C(=O)N[C@@H](CC(=O)O)C(=O)N(C(=O)OCC1c2ccccc2-c2ccccc21)[C@@H](CP(=S)(c1ccccc1)c1ccccc1)C(=O)N[C@@H](C)C(=O)N[C@@H](C)C(=O)NC(C)(C)C(=O)N[C@@H](C)C(N)=O. The monoisotopic (exact) mass is 1930 g/mol. The molecule has 0 aliphatic heterocycles. The molecule has 16 amide bonds. The van der Waals surface area contributed by atoms with Crippen molar-refractivity contribution >= 4 is 158 Å². The Morgan fingerprint density at radius 2 is 0.618 bits per heavy atom. The number of carbonyl (C=O) groups excluding carboxylic acids is 16. The number of nitrogens with one attached hydrogen (secondary N) is 11. The van der Waals surface area contributed by atoms with Crippen LogP contribution in [0.1, 0.15) is 131 Å². The Bertz CT molecular complexity index is 5820. The van der Waals surface area contributed by atoms with Crippen LogP contribution in [0.5, 0.6) is 0 Å². The standard InChI is InChI=1S/C98H112N14O20P2S2/c1-55(82(99)116)106-93(127)97(10,11)109-88(122)61(7)103-85(119)58(4)105-90(124)80(54-134(136,66-38-22-16-23-39-66)67-40-24-17-25-41-67)112(96(130)132-52-77-74-48-32-28-44-70(74)71-45-29-33-49-75(71)77)92(126)78(50-81(114)115)108-86(120)59(5)101-84(118)57(3)104-89(123)79(53-133(135,64-34-18-14-19-35-64)65-36-20-15-21-37-65)111(95(129)131-51-76-72-46-30-26-42-68(72)69-43-27-31-47-73(69)76)91(125)62(8)107-94(128)98(12,13)110-87(121)60(6)102-83(117)56(2)100-63(9)113/h14-49,55-62,76-80H,50-54H2,1-13H3,(H2,99,116)(H,100,113)(H,101,118)(H,102,117)(H,103,119)(H,104,123)(H,105,124)(H,106,127)(H,107,128)(H,108,120)(H,109,122)(H,110,121)(H,114,115)/t55-,56-,57-,58-,59-,60-,61-,62-,78-,79+,80-/m0/s1. The van der Waals surface area contributed by atoms with Crippen LogP contribution in [0.15, 0.2) is 218 Å². The number of ether oxygens (including phenoxy) is 2. The quantitative estimate of drug-likeness (QED) is 0.0229. The lowest BCUT2D eigenvalue weighted by Gasteiger charge is -2.36. The number of amides is 16. The number of hydrogen-bond donors (Lipinski definition) is 13. The van der Waals surface area contributed by atoms with Crippen LogP contribution in [0.2, 0.25) is 0 Å². The second-order valence-corrected chi connectivity index (χ2v) is 44.0. The molecule has 34 nitrogen and oxygen atoms in total. The third-order valence-electron chi connectivity index (χ3n) is 23.4. The Hall–Kier alpha value is -14.0. The Labute approximate surface area is 797 Å². The molecule has 38 heteroatoms. The van der Waals surface area contributed by atoms with Crippen molar-refractivity contribution in [2.75, 3.05) is 25.5 Å². The van der Waals surface area contributed by atoms with Gasteiger partial charge in [-0.15, -0.1) is 0 Å². The molecule has 0 aromatic heterocycles. The van der Waals surface area contributed by atoms with Crippen molar-refractivity contribution in [3.63, 3.8) is 0 Å². The van der Waals surface area contributed by atoms with E-state index in [1.165, 1.54) is 83.1 Å². The molecule has 2 aliphatic carbocycles. The third kappa shape index (κ3) is 25.2. The Morgan fingerprint density at radius 3 is 0.919 bits per heavy atom. The zero-order valence-corrected chi connectivity index (χ0v) is 80.6. The van der Waals surface area contributed by atoms with Crippen LogP contribution in [0.3, 0.4) is 0 Å². The molecular formula is C98H112N14O20P2S2. The number of fused-ring (bicyclic) bond motifs is 6. The lowest BCUT2D eigenvalue weighted by Crippen LogP contribution is -2.64. The van der Waals surface area contributed by atoms with Crippen molar-refractivity contribution in [2.24, 2.45) is 5.73 Å². The molecule has 0 fully saturated rings. The van der Waals surface area contributed by atoms with Crippen LogP contribution in [0.4, 0.5) is 9.59 Å². The number of aliphatic carboxylic acids is 1. The van der Waals surface area contributed by atoms with E-state index in [0.29, 0.717) is 42.1 Å². The minimum atomic E-state index is -3.61. The molecule has 716 valence electrons. The van der Waals surface area contributed by atoms with Crippen molar-refractivity contribution in [3.05, 3.63) is 241 Å². The van der Waals surface area contributed by atoms with Gasteiger partial charge in [-0.05, 0) is 149 Å². The minimum Gasteiger partial charge on any atom is -0.481 e. The highest BCUT2D eigenvalue weighted by atomic mass is 32.4. The number of rotatable bonds is 40.